The van der Waals surface area contributed by atoms with Gasteiger partial charge in [-0.2, -0.15) is 5.10 Å². The van der Waals surface area contributed by atoms with Crippen LogP contribution in [-0.2, 0) is 0 Å². The van der Waals surface area contributed by atoms with E-state index < -0.39 is 0 Å². The highest BCUT2D eigenvalue weighted by atomic mass is 16.3. The number of nitrogens with one attached hydrogen (secondary N) is 2. The molecule has 1 aromatic heterocycles. The number of nitrogens with zero attached hydrogens (tertiary/aromatic N) is 1. The fourth-order valence-electron chi connectivity index (χ4n) is 1.51. The van der Waals surface area contributed by atoms with E-state index in [-0.39, 0.29) is 30.2 Å². The summed E-state index contributed by atoms with van der Waals surface area (Å²) in [7, 11) is 0. The molecule has 5 N–H and O–H groups in total. The second-order valence-corrected chi connectivity index (χ2v) is 4.32. The molecule has 1 unspecified atom stereocenters. The quantitative estimate of drug-likeness (QED) is 0.605. The Hall–Kier alpha value is -1.56. The second-order valence-electron chi connectivity index (χ2n) is 4.32. The van der Waals surface area contributed by atoms with Crippen molar-refractivity contribution in [1.29, 1.82) is 0 Å². The molecule has 0 aliphatic heterocycles. The molecular formula is C11H20N4O2. The van der Waals surface area contributed by atoms with Crippen LogP contribution in [0.15, 0.2) is 0 Å². The summed E-state index contributed by atoms with van der Waals surface area (Å²) in [6.45, 7) is 5.72. The number of amides is 1. The van der Waals surface area contributed by atoms with Crippen molar-refractivity contribution >= 4 is 11.6 Å². The molecule has 0 aromatic carbocycles. The van der Waals surface area contributed by atoms with Gasteiger partial charge in [-0.15, -0.1) is 0 Å². The number of rotatable bonds is 5. The zero-order valence-electron chi connectivity index (χ0n) is 10.4. The van der Waals surface area contributed by atoms with Crippen molar-refractivity contribution in [2.75, 3.05) is 12.3 Å². The molecule has 1 rings (SSSR count). The van der Waals surface area contributed by atoms with Crippen LogP contribution in [0, 0.1) is 0 Å². The van der Waals surface area contributed by atoms with Crippen LogP contribution in [0.3, 0.4) is 0 Å². The van der Waals surface area contributed by atoms with Crippen LogP contribution in [0.5, 0.6) is 0 Å². The van der Waals surface area contributed by atoms with E-state index in [1.54, 1.807) is 0 Å². The predicted molar refractivity (Wildman–Crippen MR) is 65.7 cm³/mol. The third kappa shape index (κ3) is 2.97. The molecule has 0 saturated heterocycles. The number of aromatic nitrogens is 2. The average molecular weight is 240 g/mol. The summed E-state index contributed by atoms with van der Waals surface area (Å²) in [6.07, 6.45) is 0.656. The second kappa shape index (κ2) is 5.67. The van der Waals surface area contributed by atoms with E-state index >= 15 is 0 Å². The van der Waals surface area contributed by atoms with Crippen molar-refractivity contribution in [1.82, 2.24) is 15.5 Å². The van der Waals surface area contributed by atoms with E-state index in [2.05, 4.69) is 15.5 Å². The molecule has 0 aliphatic rings. The first-order valence-corrected chi connectivity index (χ1v) is 5.76. The van der Waals surface area contributed by atoms with Gasteiger partial charge in [0.1, 0.15) is 0 Å². The van der Waals surface area contributed by atoms with E-state index in [1.807, 2.05) is 20.8 Å². The monoisotopic (exact) mass is 240 g/mol. The molecule has 1 amide bonds. The van der Waals surface area contributed by atoms with Crippen molar-refractivity contribution in [3.63, 3.8) is 0 Å². The van der Waals surface area contributed by atoms with Crippen molar-refractivity contribution in [2.24, 2.45) is 0 Å². The maximum atomic E-state index is 11.8. The van der Waals surface area contributed by atoms with Crippen molar-refractivity contribution < 1.29 is 9.90 Å². The van der Waals surface area contributed by atoms with Crippen LogP contribution in [-0.4, -0.2) is 33.9 Å². The Morgan fingerprint density at radius 3 is 2.65 bits per heavy atom. The summed E-state index contributed by atoms with van der Waals surface area (Å²) < 4.78 is 0. The number of aromatic amines is 1. The predicted octanol–water partition coefficient (Wildman–Crippen LogP) is 0.616. The average Bonchev–Trinajstić information content (AvgIpc) is 2.67. The van der Waals surface area contributed by atoms with E-state index in [0.717, 1.165) is 5.69 Å². The van der Waals surface area contributed by atoms with Gasteiger partial charge in [0.15, 0.2) is 5.69 Å². The van der Waals surface area contributed by atoms with E-state index in [1.165, 1.54) is 0 Å². The van der Waals surface area contributed by atoms with Gasteiger partial charge in [-0.25, -0.2) is 0 Å². The van der Waals surface area contributed by atoms with Crippen LogP contribution in [0.4, 0.5) is 5.69 Å². The van der Waals surface area contributed by atoms with Gasteiger partial charge in [0.2, 0.25) is 0 Å². The van der Waals surface area contributed by atoms with Gasteiger partial charge in [-0.3, -0.25) is 9.89 Å². The number of anilines is 1. The molecule has 0 fully saturated rings. The van der Waals surface area contributed by atoms with Gasteiger partial charge in [-0.1, -0.05) is 20.8 Å². The van der Waals surface area contributed by atoms with Gasteiger partial charge < -0.3 is 16.2 Å². The number of carbonyl (C=O) groups excluding carboxylic acids is 1. The van der Waals surface area contributed by atoms with Crippen LogP contribution in [0.25, 0.3) is 0 Å². The lowest BCUT2D eigenvalue weighted by Crippen LogP contribution is -2.37. The summed E-state index contributed by atoms with van der Waals surface area (Å²) >= 11 is 0. The van der Waals surface area contributed by atoms with Crippen molar-refractivity contribution in [3.05, 3.63) is 11.4 Å². The number of carbonyl (C=O) groups is 1. The van der Waals surface area contributed by atoms with Crippen LogP contribution in [0.1, 0.15) is 49.3 Å². The van der Waals surface area contributed by atoms with Gasteiger partial charge in [0, 0.05) is 0 Å². The highest BCUT2D eigenvalue weighted by Gasteiger charge is 2.20. The molecule has 1 atom stereocenters. The third-order valence-corrected chi connectivity index (χ3v) is 2.67. The molecule has 0 spiro atoms. The number of nitrogens with two attached hydrogens (primary N) is 1. The molecule has 6 nitrogen and oxygen atoms in total. The van der Waals surface area contributed by atoms with Gasteiger partial charge in [0.05, 0.1) is 24.0 Å². The Labute approximate surface area is 101 Å². The summed E-state index contributed by atoms with van der Waals surface area (Å²) in [6, 6.07) is -0.263. The topological polar surface area (TPSA) is 104 Å². The summed E-state index contributed by atoms with van der Waals surface area (Å²) in [5.41, 5.74) is 7.18. The largest absolute Gasteiger partial charge is 0.395 e. The number of aliphatic hydroxyl groups excluding tert-OH is 1. The zero-order chi connectivity index (χ0) is 13.0. The molecule has 0 saturated carbocycles. The normalized spacial score (nSPS) is 12.8. The Kier molecular flexibility index (Phi) is 4.51. The third-order valence-electron chi connectivity index (χ3n) is 2.67. The standard InChI is InChI=1S/C11H20N4O2/c1-4-7(5-16)13-11(17)10-8(12)9(6(2)3)14-15-10/h6-7,16H,4-5,12H2,1-3H3,(H,13,17)(H,14,15). The minimum atomic E-state index is -0.355. The van der Waals surface area contributed by atoms with E-state index in [4.69, 9.17) is 10.8 Å². The molecule has 96 valence electrons. The minimum Gasteiger partial charge on any atom is -0.395 e. The first-order chi connectivity index (χ1) is 8.01. The van der Waals surface area contributed by atoms with Gasteiger partial charge in [0.25, 0.3) is 5.91 Å². The van der Waals surface area contributed by atoms with E-state index in [9.17, 15) is 4.79 Å². The Balaban J connectivity index is 2.83. The maximum absolute atomic E-state index is 11.8. The summed E-state index contributed by atoms with van der Waals surface area (Å²) in [4.78, 5) is 11.8. The van der Waals surface area contributed by atoms with Crippen LogP contribution in [0.2, 0.25) is 0 Å². The molecule has 17 heavy (non-hydrogen) atoms. The number of hydrogen-bond donors (Lipinski definition) is 4. The Bertz CT molecular complexity index is 383. The number of H-pyrrole nitrogens is 1. The number of nitrogen functional groups attached to an aromatic ring is 1. The van der Waals surface area contributed by atoms with Crippen molar-refractivity contribution in [3.8, 4) is 0 Å². The number of hydrogen-bond acceptors (Lipinski definition) is 4. The lowest BCUT2D eigenvalue weighted by atomic mass is 10.1. The smallest absolute Gasteiger partial charge is 0.274 e. The lowest BCUT2D eigenvalue weighted by molar-refractivity contribution is 0.0911. The first-order valence-electron chi connectivity index (χ1n) is 5.76. The van der Waals surface area contributed by atoms with E-state index in [0.29, 0.717) is 12.1 Å². The maximum Gasteiger partial charge on any atom is 0.274 e. The molecule has 6 heteroatoms. The molecular weight excluding hydrogens is 220 g/mol. The van der Waals surface area contributed by atoms with Gasteiger partial charge in [-0.05, 0) is 12.3 Å². The first kappa shape index (κ1) is 13.5. The summed E-state index contributed by atoms with van der Waals surface area (Å²) in [5, 5.41) is 18.4. The van der Waals surface area contributed by atoms with Crippen molar-refractivity contribution in [2.45, 2.75) is 39.2 Å². The molecule has 1 heterocycles. The molecule has 0 aliphatic carbocycles. The van der Waals surface area contributed by atoms with Crippen LogP contribution >= 0.6 is 0 Å². The Morgan fingerprint density at radius 1 is 1.59 bits per heavy atom. The fourth-order valence-corrected chi connectivity index (χ4v) is 1.51. The zero-order valence-corrected chi connectivity index (χ0v) is 10.4. The molecule has 1 aromatic rings. The minimum absolute atomic E-state index is 0.0936. The highest BCUT2D eigenvalue weighted by molar-refractivity contribution is 5.97. The molecule has 0 bridgehead atoms. The highest BCUT2D eigenvalue weighted by Crippen LogP contribution is 2.21. The summed E-state index contributed by atoms with van der Waals surface area (Å²) in [5.74, 6) is -0.171. The number of aliphatic hydroxyl groups is 1. The lowest BCUT2D eigenvalue weighted by Gasteiger charge is -2.13. The SMILES string of the molecule is CCC(CO)NC(=O)c1n[nH]c(C(C)C)c1N. The van der Waals surface area contributed by atoms with Crippen LogP contribution < -0.4 is 11.1 Å². The molecule has 0 radical (unpaired) electrons. The van der Waals surface area contributed by atoms with Gasteiger partial charge >= 0.3 is 0 Å². The Morgan fingerprint density at radius 2 is 2.24 bits per heavy atom. The fraction of sp³-hybridized carbons (Fsp3) is 0.636.